The molecule has 1 aromatic heterocycles. The number of hydrogen-bond acceptors (Lipinski definition) is 4. The Hall–Kier alpha value is -1.83. The molecule has 0 unspecified atom stereocenters. The molecule has 6 nitrogen and oxygen atoms in total. The van der Waals surface area contributed by atoms with Gasteiger partial charge in [-0.15, -0.1) is 12.4 Å². The lowest BCUT2D eigenvalue weighted by atomic mass is 10.2. The maximum Gasteiger partial charge on any atom is 0.266 e. The first-order valence-corrected chi connectivity index (χ1v) is 8.29. The number of halogens is 1. The Labute approximate surface area is 140 Å². The van der Waals surface area contributed by atoms with E-state index >= 15 is 0 Å². The van der Waals surface area contributed by atoms with E-state index in [2.05, 4.69) is 0 Å². The van der Waals surface area contributed by atoms with Crippen molar-refractivity contribution in [2.45, 2.75) is 20.1 Å². The highest BCUT2D eigenvalue weighted by Gasteiger charge is 2.11. The highest BCUT2D eigenvalue weighted by atomic mass is 35.5. The fourth-order valence-electron chi connectivity index (χ4n) is 2.02. The summed E-state index contributed by atoms with van der Waals surface area (Å²) in [6.07, 6.45) is 1.48. The second-order valence-corrected chi connectivity index (χ2v) is 6.42. The zero-order valence-corrected chi connectivity index (χ0v) is 14.1. The lowest BCUT2D eigenvalue weighted by Gasteiger charge is -2.14. The van der Waals surface area contributed by atoms with Crippen LogP contribution in [-0.4, -0.2) is 23.3 Å². The number of rotatable bonds is 6. The normalized spacial score (nSPS) is 10.9. The summed E-state index contributed by atoms with van der Waals surface area (Å²) in [7, 11) is -4.06. The van der Waals surface area contributed by atoms with Crippen LogP contribution >= 0.6 is 12.4 Å². The van der Waals surface area contributed by atoms with Gasteiger partial charge in [-0.25, -0.2) is 0 Å². The monoisotopic (exact) mass is 359 g/mol. The first-order chi connectivity index (χ1) is 10.4. The van der Waals surface area contributed by atoms with Crippen molar-refractivity contribution >= 4 is 22.5 Å². The fourth-order valence-corrected chi connectivity index (χ4v) is 2.44. The van der Waals surface area contributed by atoms with E-state index in [1.165, 1.54) is 12.3 Å². The van der Waals surface area contributed by atoms with Crippen LogP contribution in [0.3, 0.4) is 0 Å². The van der Waals surface area contributed by atoms with E-state index in [1.807, 2.05) is 30.3 Å². The van der Waals surface area contributed by atoms with Crippen LogP contribution in [0.4, 0.5) is 0 Å². The van der Waals surface area contributed by atoms with Gasteiger partial charge in [0.2, 0.25) is 5.43 Å². The van der Waals surface area contributed by atoms with Gasteiger partial charge in [-0.1, -0.05) is 30.3 Å². The molecule has 0 amide bonds. The molecule has 0 saturated carbocycles. The molecule has 0 bridgehead atoms. The molecule has 126 valence electrons. The number of aryl methyl sites for hydroxylation is 1. The third-order valence-corrected chi connectivity index (χ3v) is 3.90. The second-order valence-electron chi connectivity index (χ2n) is 4.85. The van der Waals surface area contributed by atoms with E-state index in [0.29, 0.717) is 5.69 Å². The molecular formula is C15H18ClNO5S. The van der Waals surface area contributed by atoms with Gasteiger partial charge < -0.3 is 9.30 Å². The predicted molar refractivity (Wildman–Crippen MR) is 89.9 cm³/mol. The average Bonchev–Trinajstić information content (AvgIpc) is 2.46. The molecule has 2 aromatic rings. The Morgan fingerprint density at radius 3 is 2.43 bits per heavy atom. The van der Waals surface area contributed by atoms with E-state index < -0.39 is 15.9 Å². The van der Waals surface area contributed by atoms with Crippen molar-refractivity contribution < 1.29 is 17.7 Å². The molecule has 0 aliphatic carbocycles. The summed E-state index contributed by atoms with van der Waals surface area (Å²) in [4.78, 5) is 11.9. The Kier molecular flexibility index (Phi) is 6.80. The number of aromatic nitrogens is 1. The molecule has 0 aliphatic heterocycles. The van der Waals surface area contributed by atoms with Crippen molar-refractivity contribution in [1.29, 1.82) is 0 Å². The summed E-state index contributed by atoms with van der Waals surface area (Å²) in [5, 5.41) is 0. The molecule has 0 aliphatic rings. The van der Waals surface area contributed by atoms with Gasteiger partial charge in [0.15, 0.2) is 5.75 Å². The van der Waals surface area contributed by atoms with E-state index in [0.717, 1.165) is 5.56 Å². The Bertz CT molecular complexity index is 802. The summed E-state index contributed by atoms with van der Waals surface area (Å²) in [5.41, 5.74) is 1.18. The molecular weight excluding hydrogens is 342 g/mol. The molecule has 1 N–H and O–H groups in total. The van der Waals surface area contributed by atoms with E-state index in [9.17, 15) is 13.2 Å². The molecule has 1 heterocycles. The van der Waals surface area contributed by atoms with Crippen molar-refractivity contribution in [3.05, 3.63) is 64.1 Å². The zero-order chi connectivity index (χ0) is 16.2. The highest BCUT2D eigenvalue weighted by Crippen LogP contribution is 2.14. The second kappa shape index (κ2) is 8.14. The van der Waals surface area contributed by atoms with E-state index in [4.69, 9.17) is 9.29 Å². The summed E-state index contributed by atoms with van der Waals surface area (Å²) in [6.45, 7) is 1.97. The first kappa shape index (κ1) is 19.2. The summed E-state index contributed by atoms with van der Waals surface area (Å²) in [5.74, 6) is -0.240. The van der Waals surface area contributed by atoms with Crippen molar-refractivity contribution in [3.63, 3.8) is 0 Å². The average molecular weight is 360 g/mol. The topological polar surface area (TPSA) is 85.6 Å². The Morgan fingerprint density at radius 2 is 1.83 bits per heavy atom. The Balaban J connectivity index is 0.00000264. The number of nitrogens with zero attached hydrogens (tertiary/aromatic N) is 1. The number of ether oxygens (including phenoxy) is 1. The van der Waals surface area contributed by atoms with Gasteiger partial charge in [-0.2, -0.15) is 8.42 Å². The molecule has 8 heteroatoms. The maximum atomic E-state index is 11.9. The van der Waals surface area contributed by atoms with Gasteiger partial charge in [-0.3, -0.25) is 9.35 Å². The van der Waals surface area contributed by atoms with Crippen LogP contribution in [0.25, 0.3) is 0 Å². The largest absolute Gasteiger partial charge is 0.483 e. The minimum Gasteiger partial charge on any atom is -0.483 e. The van der Waals surface area contributed by atoms with Crippen LogP contribution < -0.4 is 10.2 Å². The van der Waals surface area contributed by atoms with Gasteiger partial charge >= 0.3 is 0 Å². The summed E-state index contributed by atoms with van der Waals surface area (Å²) in [6, 6.07) is 10.7. The van der Waals surface area contributed by atoms with Crippen LogP contribution in [0.1, 0.15) is 11.3 Å². The van der Waals surface area contributed by atoms with Crippen molar-refractivity contribution in [2.24, 2.45) is 0 Å². The number of hydrogen-bond donors (Lipinski definition) is 1. The SMILES string of the molecule is Cc1c(OCc2ccccc2)c(=O)ccn1CCS(=O)(=O)O.Cl. The van der Waals surface area contributed by atoms with Gasteiger partial charge in [0, 0.05) is 18.8 Å². The lowest BCUT2D eigenvalue weighted by Crippen LogP contribution is -2.18. The van der Waals surface area contributed by atoms with Gasteiger partial charge in [0.05, 0.1) is 11.4 Å². The fraction of sp³-hybridized carbons (Fsp3) is 0.267. The van der Waals surface area contributed by atoms with Crippen LogP contribution in [0.5, 0.6) is 5.75 Å². The predicted octanol–water partition coefficient (Wildman–Crippen LogP) is 2.05. The van der Waals surface area contributed by atoms with Gasteiger partial charge in [-0.05, 0) is 12.5 Å². The molecule has 23 heavy (non-hydrogen) atoms. The third-order valence-electron chi connectivity index (χ3n) is 3.21. The Morgan fingerprint density at radius 1 is 1.17 bits per heavy atom. The van der Waals surface area contributed by atoms with Crippen LogP contribution in [0.2, 0.25) is 0 Å². The third kappa shape index (κ3) is 5.70. The molecule has 0 spiro atoms. The zero-order valence-electron chi connectivity index (χ0n) is 12.5. The van der Waals surface area contributed by atoms with Crippen molar-refractivity contribution in [1.82, 2.24) is 4.57 Å². The highest BCUT2D eigenvalue weighted by molar-refractivity contribution is 7.85. The quantitative estimate of drug-likeness (QED) is 0.798. The van der Waals surface area contributed by atoms with Crippen LogP contribution in [0, 0.1) is 6.92 Å². The van der Waals surface area contributed by atoms with E-state index in [1.54, 1.807) is 11.5 Å². The minimum atomic E-state index is -4.06. The lowest BCUT2D eigenvalue weighted by molar-refractivity contribution is 0.297. The number of pyridine rings is 1. The number of benzene rings is 1. The van der Waals surface area contributed by atoms with Crippen molar-refractivity contribution in [3.8, 4) is 5.75 Å². The molecule has 0 radical (unpaired) electrons. The van der Waals surface area contributed by atoms with Crippen LogP contribution in [0.15, 0.2) is 47.4 Å². The molecule has 0 fully saturated rings. The minimum absolute atomic E-state index is 0. The van der Waals surface area contributed by atoms with E-state index in [-0.39, 0.29) is 36.7 Å². The first-order valence-electron chi connectivity index (χ1n) is 6.69. The smallest absolute Gasteiger partial charge is 0.266 e. The molecule has 1 aromatic carbocycles. The van der Waals surface area contributed by atoms with Crippen LogP contribution in [-0.2, 0) is 23.3 Å². The maximum absolute atomic E-state index is 11.9. The van der Waals surface area contributed by atoms with Crippen molar-refractivity contribution in [2.75, 3.05) is 5.75 Å². The molecule has 0 saturated heterocycles. The summed E-state index contributed by atoms with van der Waals surface area (Å²) < 4.78 is 37.6. The molecule has 2 rings (SSSR count). The van der Waals surface area contributed by atoms with Gasteiger partial charge in [0.1, 0.15) is 6.61 Å². The van der Waals surface area contributed by atoms with Gasteiger partial charge in [0.25, 0.3) is 10.1 Å². The molecule has 0 atom stereocenters. The summed E-state index contributed by atoms with van der Waals surface area (Å²) >= 11 is 0. The standard InChI is InChI=1S/C15H17NO5S.ClH/c1-12-15(21-11-13-5-3-2-4-6-13)14(17)7-8-16(12)9-10-22(18,19)20;/h2-8H,9-11H2,1H3,(H,18,19,20);1H.